The van der Waals surface area contributed by atoms with Gasteiger partial charge in [0.25, 0.3) is 0 Å². The predicted octanol–water partition coefficient (Wildman–Crippen LogP) is 1.78. The van der Waals surface area contributed by atoms with Crippen LogP contribution in [0.4, 0.5) is 0 Å². The van der Waals surface area contributed by atoms with Gasteiger partial charge in [0.05, 0.1) is 25.2 Å². The molecule has 222 valence electrons. The Kier molecular flexibility index (Phi) is 8.06. The average Bonchev–Trinajstić information content (AvgIpc) is 3.57. The van der Waals surface area contributed by atoms with Crippen LogP contribution in [0.25, 0.3) is 0 Å². The number of esters is 2. The first kappa shape index (κ1) is 29.1. The third-order valence-corrected chi connectivity index (χ3v) is 9.07. The Bertz CT molecular complexity index is 1120. The van der Waals surface area contributed by atoms with Crippen LogP contribution < -0.4 is 9.47 Å². The lowest BCUT2D eigenvalue weighted by atomic mass is 9.78. The van der Waals surface area contributed by atoms with Gasteiger partial charge < -0.3 is 39.0 Å². The molecule has 5 rings (SSSR count). The molecule has 1 aliphatic carbocycles. The monoisotopic (exact) mass is 563 g/mol. The molecule has 1 saturated carbocycles. The van der Waals surface area contributed by atoms with Crippen molar-refractivity contribution in [3.05, 3.63) is 23.3 Å². The maximum atomic E-state index is 13.8. The van der Waals surface area contributed by atoms with Crippen LogP contribution in [-0.4, -0.2) is 94.9 Å². The van der Waals surface area contributed by atoms with Crippen LogP contribution in [0.2, 0.25) is 0 Å². The fourth-order valence-corrected chi connectivity index (χ4v) is 7.23. The second-order valence-electron chi connectivity index (χ2n) is 12.2. The first-order valence-corrected chi connectivity index (χ1v) is 14.1. The van der Waals surface area contributed by atoms with E-state index < -0.39 is 48.6 Å². The van der Waals surface area contributed by atoms with Gasteiger partial charge in [-0.15, -0.1) is 0 Å². The molecule has 0 radical (unpaired) electrons. The van der Waals surface area contributed by atoms with Crippen molar-refractivity contribution in [2.75, 3.05) is 33.8 Å². The van der Waals surface area contributed by atoms with E-state index in [1.54, 1.807) is 13.8 Å². The van der Waals surface area contributed by atoms with E-state index in [0.29, 0.717) is 24.3 Å². The number of aliphatic hydroxyl groups is 3. The predicted molar refractivity (Wildman–Crippen MR) is 141 cm³/mol. The average molecular weight is 564 g/mol. The van der Waals surface area contributed by atoms with Gasteiger partial charge >= 0.3 is 11.9 Å². The molecule has 2 fully saturated rings. The van der Waals surface area contributed by atoms with Crippen molar-refractivity contribution in [2.45, 2.75) is 100 Å². The minimum atomic E-state index is -2.16. The molecule has 1 saturated heterocycles. The van der Waals surface area contributed by atoms with Gasteiger partial charge in [0.1, 0.15) is 12.9 Å². The number of nitrogens with zero attached hydrogens (tertiary/aromatic N) is 1. The van der Waals surface area contributed by atoms with Crippen molar-refractivity contribution in [1.82, 2.24) is 4.90 Å². The van der Waals surface area contributed by atoms with Gasteiger partial charge in [-0.2, -0.15) is 0 Å². The molecular formula is C29H41NO10. The molecule has 4 aliphatic rings. The normalized spacial score (nSPS) is 28.7. The molecule has 5 atom stereocenters. The summed E-state index contributed by atoms with van der Waals surface area (Å²) < 4.78 is 28.1. The van der Waals surface area contributed by atoms with Gasteiger partial charge in [0, 0.05) is 18.0 Å². The van der Waals surface area contributed by atoms with Crippen LogP contribution >= 0.6 is 0 Å². The van der Waals surface area contributed by atoms with Crippen LogP contribution in [-0.2, 0) is 30.2 Å². The number of carbonyl (C=O) groups excluding carboxylic acids is 2. The van der Waals surface area contributed by atoms with Crippen molar-refractivity contribution in [1.29, 1.82) is 0 Å². The lowest BCUT2D eigenvalue weighted by molar-refractivity contribution is -0.186. The van der Waals surface area contributed by atoms with Crippen molar-refractivity contribution in [2.24, 2.45) is 0 Å². The molecule has 0 aromatic heterocycles. The van der Waals surface area contributed by atoms with E-state index in [1.165, 1.54) is 7.11 Å². The molecule has 0 amide bonds. The highest BCUT2D eigenvalue weighted by Crippen LogP contribution is 2.57. The molecule has 3 aliphatic heterocycles. The first-order chi connectivity index (χ1) is 19.0. The third kappa shape index (κ3) is 5.42. The van der Waals surface area contributed by atoms with Crippen LogP contribution in [0.5, 0.6) is 11.5 Å². The number of methoxy groups -OCH3 is 1. The third-order valence-electron chi connectivity index (χ3n) is 9.07. The van der Waals surface area contributed by atoms with Crippen molar-refractivity contribution in [3.63, 3.8) is 0 Å². The van der Waals surface area contributed by atoms with Crippen LogP contribution in [0.3, 0.4) is 0 Å². The minimum absolute atomic E-state index is 0.0968. The zero-order valence-corrected chi connectivity index (χ0v) is 23.5. The molecule has 1 aromatic carbocycles. The molecule has 11 heteroatoms. The van der Waals surface area contributed by atoms with Crippen molar-refractivity contribution >= 4 is 11.9 Å². The summed E-state index contributed by atoms with van der Waals surface area (Å²) in [4.78, 5) is 28.5. The molecule has 3 heterocycles. The summed E-state index contributed by atoms with van der Waals surface area (Å²) in [5.41, 5.74) is -1.48. The highest BCUT2D eigenvalue weighted by Gasteiger charge is 2.62. The van der Waals surface area contributed by atoms with Gasteiger partial charge in [0.2, 0.25) is 6.79 Å². The van der Waals surface area contributed by atoms with Crippen LogP contribution in [0.15, 0.2) is 12.1 Å². The van der Waals surface area contributed by atoms with Gasteiger partial charge in [-0.1, -0.05) is 0 Å². The van der Waals surface area contributed by atoms with Gasteiger partial charge in [-0.05, 0) is 88.6 Å². The number of fused-ring (bicyclic) bond motifs is 3. The molecule has 40 heavy (non-hydrogen) atoms. The summed E-state index contributed by atoms with van der Waals surface area (Å²) in [6.07, 6.45) is 1.62. The Morgan fingerprint density at radius 2 is 1.90 bits per heavy atom. The highest BCUT2D eigenvalue weighted by molar-refractivity contribution is 5.85. The lowest BCUT2D eigenvalue weighted by Gasteiger charge is -2.40. The Morgan fingerprint density at radius 3 is 2.60 bits per heavy atom. The maximum absolute atomic E-state index is 13.8. The zero-order valence-electron chi connectivity index (χ0n) is 23.5. The Hall–Kier alpha value is -2.44. The van der Waals surface area contributed by atoms with Gasteiger partial charge in [-0.25, -0.2) is 4.79 Å². The molecule has 0 unspecified atom stereocenters. The second-order valence-corrected chi connectivity index (χ2v) is 12.2. The number of carbonyl (C=O) groups is 2. The molecular weight excluding hydrogens is 522 g/mol. The van der Waals surface area contributed by atoms with Crippen LogP contribution in [0, 0.1) is 0 Å². The van der Waals surface area contributed by atoms with E-state index in [-0.39, 0.29) is 31.1 Å². The Morgan fingerprint density at radius 1 is 1.15 bits per heavy atom. The van der Waals surface area contributed by atoms with Crippen molar-refractivity contribution < 1.29 is 48.6 Å². The quantitative estimate of drug-likeness (QED) is 0.283. The standard InChI is InChI=1S/C29H41NO10/c1-27(2,34)7-4-9-29(35,15-23(32)36-3)26(33)40-25-22(37-16-31)14-28-8-5-10-30(28)11-6-18-12-20-21(39-17-38-20)13-19(18)24(25)28/h12-13,22,24-25,31,34-35H,4-11,14-17H2,1-3H3/t22-,24-,25-,28+,29-/m1/s1. The SMILES string of the molecule is COC(=O)C[C@](O)(CCCC(C)(C)O)C(=O)O[C@H]1[C@H]2c3cc4c(cc3CCN3CCC[C@]23C[C@H]1OCO)OCO4. The summed E-state index contributed by atoms with van der Waals surface area (Å²) in [7, 11) is 1.19. The topological polar surface area (TPSA) is 144 Å². The zero-order chi connectivity index (χ0) is 28.7. The van der Waals surface area contributed by atoms with Crippen LogP contribution in [0.1, 0.15) is 75.8 Å². The van der Waals surface area contributed by atoms with E-state index in [9.17, 15) is 24.9 Å². The molecule has 1 aromatic rings. The molecule has 3 N–H and O–H groups in total. The van der Waals surface area contributed by atoms with E-state index in [4.69, 9.17) is 23.7 Å². The largest absolute Gasteiger partial charge is 0.469 e. The summed E-state index contributed by atoms with van der Waals surface area (Å²) in [6.45, 7) is 4.59. The van der Waals surface area contributed by atoms with E-state index >= 15 is 0 Å². The van der Waals surface area contributed by atoms with E-state index in [1.807, 2.05) is 12.1 Å². The van der Waals surface area contributed by atoms with Crippen molar-refractivity contribution in [3.8, 4) is 11.5 Å². The summed E-state index contributed by atoms with van der Waals surface area (Å²) in [5, 5.41) is 31.5. The number of ether oxygens (including phenoxy) is 5. The fourth-order valence-electron chi connectivity index (χ4n) is 7.23. The Balaban J connectivity index is 1.51. The fraction of sp³-hybridized carbons (Fsp3) is 0.724. The number of hydrogen-bond acceptors (Lipinski definition) is 11. The lowest BCUT2D eigenvalue weighted by Crippen LogP contribution is -2.49. The molecule has 11 nitrogen and oxygen atoms in total. The molecule has 1 spiro atoms. The number of benzene rings is 1. The molecule has 0 bridgehead atoms. The van der Waals surface area contributed by atoms with Gasteiger partial charge in [-0.3, -0.25) is 9.69 Å². The van der Waals surface area contributed by atoms with E-state index in [0.717, 1.165) is 43.5 Å². The Labute approximate surface area is 234 Å². The number of hydrogen-bond donors (Lipinski definition) is 3. The second kappa shape index (κ2) is 11.1. The van der Waals surface area contributed by atoms with E-state index in [2.05, 4.69) is 4.90 Å². The van der Waals surface area contributed by atoms with Gasteiger partial charge in [0.15, 0.2) is 17.1 Å². The first-order valence-electron chi connectivity index (χ1n) is 14.1. The minimum Gasteiger partial charge on any atom is -0.469 e. The smallest absolute Gasteiger partial charge is 0.339 e. The number of aliphatic hydroxyl groups excluding tert-OH is 1. The maximum Gasteiger partial charge on any atom is 0.339 e. The summed E-state index contributed by atoms with van der Waals surface area (Å²) in [5.74, 6) is -0.697. The highest BCUT2D eigenvalue weighted by atomic mass is 16.7. The summed E-state index contributed by atoms with van der Waals surface area (Å²) in [6, 6.07) is 3.97. The summed E-state index contributed by atoms with van der Waals surface area (Å²) >= 11 is 0. The number of rotatable bonds is 10.